The van der Waals surface area contributed by atoms with E-state index in [-0.39, 0.29) is 0 Å². The van der Waals surface area contributed by atoms with Crippen LogP contribution in [0.1, 0.15) is 41.4 Å². The van der Waals surface area contributed by atoms with Crippen LogP contribution in [0.2, 0.25) is 0 Å². The van der Waals surface area contributed by atoms with Crippen molar-refractivity contribution in [2.24, 2.45) is 0 Å². The summed E-state index contributed by atoms with van der Waals surface area (Å²) in [6, 6.07) is 4.96. The number of benzene rings is 4. The molecule has 0 aromatic heterocycles. The number of esters is 4. The minimum atomic E-state index is -3.00. The fourth-order valence-corrected chi connectivity index (χ4v) is 5.21. The number of rotatable bonds is 10. The molecule has 22 nitrogen and oxygen atoms in total. The monoisotopic (exact) mass is 788 g/mol. The molecule has 4 atom stereocenters. The Morgan fingerprint density at radius 1 is 0.500 bits per heavy atom. The number of phenolic OH excluding ortho intramolecular Hbond substituents is 12. The van der Waals surface area contributed by atoms with Crippen LogP contribution in [0.4, 0.5) is 0 Å². The average Bonchev–Trinajstić information content (AvgIpc) is 3.39. The van der Waals surface area contributed by atoms with E-state index in [9.17, 15) is 85.6 Å². The van der Waals surface area contributed by atoms with Gasteiger partial charge in [0, 0.05) is 0 Å². The molecule has 1 saturated heterocycles. The second-order valence-electron chi connectivity index (χ2n) is 11.8. The number of aliphatic hydroxyl groups is 1. The number of carbonyl (C=O) groups is 4. The third-order valence-corrected chi connectivity index (χ3v) is 8.09. The van der Waals surface area contributed by atoms with Gasteiger partial charge in [0.15, 0.2) is 75.1 Å². The Balaban J connectivity index is 1.58. The van der Waals surface area contributed by atoms with E-state index in [1.807, 2.05) is 0 Å². The minimum Gasteiger partial charge on any atom is -0.504 e. The molecule has 13 N–H and O–H groups in total. The van der Waals surface area contributed by atoms with Crippen LogP contribution >= 0.6 is 0 Å². The molecule has 0 bridgehead atoms. The maximum atomic E-state index is 13.6. The number of hydrogen-bond donors (Lipinski definition) is 13. The lowest BCUT2D eigenvalue weighted by molar-refractivity contribution is -0.193. The maximum absolute atomic E-state index is 13.6. The molecule has 22 heteroatoms. The summed E-state index contributed by atoms with van der Waals surface area (Å²) in [7, 11) is 0. The lowest BCUT2D eigenvalue weighted by atomic mass is 9.94. The van der Waals surface area contributed by atoms with E-state index in [1.165, 1.54) is 0 Å². The van der Waals surface area contributed by atoms with E-state index in [4.69, 9.17) is 23.7 Å². The Bertz CT molecular complexity index is 2160. The third-order valence-electron chi connectivity index (χ3n) is 8.09. The van der Waals surface area contributed by atoms with Crippen molar-refractivity contribution in [3.8, 4) is 69.0 Å². The van der Waals surface area contributed by atoms with Gasteiger partial charge in [-0.2, -0.15) is 0 Å². The lowest BCUT2D eigenvalue weighted by Gasteiger charge is -2.35. The summed E-state index contributed by atoms with van der Waals surface area (Å²) in [5.41, 5.74) is -5.70. The van der Waals surface area contributed by atoms with Gasteiger partial charge in [0.05, 0.1) is 22.3 Å². The molecule has 0 aliphatic carbocycles. The number of phenols is 12. The summed E-state index contributed by atoms with van der Waals surface area (Å²) in [5.74, 6) is -18.2. The number of aliphatic hydroxyl groups excluding tert-OH is 1. The minimum absolute atomic E-state index is 0.570. The molecule has 56 heavy (non-hydrogen) atoms. The van der Waals surface area contributed by atoms with Crippen molar-refractivity contribution >= 4 is 23.9 Å². The number of carbonyl (C=O) groups excluding carboxylic acids is 4. The highest BCUT2D eigenvalue weighted by Gasteiger charge is 2.63. The first-order valence-corrected chi connectivity index (χ1v) is 15.4. The highest BCUT2D eigenvalue weighted by molar-refractivity contribution is 5.94. The molecule has 4 unspecified atom stereocenters. The molecule has 4 aromatic rings. The van der Waals surface area contributed by atoms with Gasteiger partial charge in [-0.05, 0) is 48.5 Å². The summed E-state index contributed by atoms with van der Waals surface area (Å²) in [6.45, 7) is -2.50. The molecule has 296 valence electrons. The van der Waals surface area contributed by atoms with Gasteiger partial charge < -0.3 is 90.1 Å². The van der Waals surface area contributed by atoms with Crippen LogP contribution in [0.3, 0.4) is 0 Å². The van der Waals surface area contributed by atoms with Crippen molar-refractivity contribution in [3.63, 3.8) is 0 Å². The number of hydrogen-bond acceptors (Lipinski definition) is 22. The zero-order chi connectivity index (χ0) is 41.4. The molecule has 1 fully saturated rings. The average molecular weight is 789 g/mol. The van der Waals surface area contributed by atoms with Crippen molar-refractivity contribution < 1.29 is 109 Å². The smallest absolute Gasteiger partial charge is 0.339 e. The Morgan fingerprint density at radius 2 is 0.821 bits per heavy atom. The molecule has 0 radical (unpaired) electrons. The first-order valence-electron chi connectivity index (χ1n) is 15.4. The van der Waals surface area contributed by atoms with Gasteiger partial charge in [-0.1, -0.05) is 0 Å². The maximum Gasteiger partial charge on any atom is 0.339 e. The fraction of sp³-hybridized carbons (Fsp3) is 0.176. The summed E-state index contributed by atoms with van der Waals surface area (Å²) in [5, 5.41) is 130. The zero-order valence-corrected chi connectivity index (χ0v) is 27.8. The van der Waals surface area contributed by atoms with Crippen LogP contribution in [0.25, 0.3) is 0 Å². The second-order valence-corrected chi connectivity index (χ2v) is 11.8. The van der Waals surface area contributed by atoms with Crippen molar-refractivity contribution in [2.45, 2.75) is 24.1 Å². The van der Waals surface area contributed by atoms with Crippen LogP contribution in [-0.4, -0.2) is 128 Å². The molecular formula is C34H28O22. The standard InChI is InChI=1S/C34H28O22/c35-15-1-11(2-16(36)24(15)43)29(47)52-9-23-28(55-31(49)13-5-19(39)26(45)20(40)6-13)34(33(51)54-23,56-32(50)14-7-21(41)27(46)22(42)8-14)10-53-30(48)12-3-17(37)25(44)18(38)4-12/h1-8,23,28,33,35-46,51H,9-10H2. The van der Waals surface area contributed by atoms with Crippen LogP contribution < -0.4 is 0 Å². The highest BCUT2D eigenvalue weighted by atomic mass is 16.7. The molecule has 0 spiro atoms. The summed E-state index contributed by atoms with van der Waals surface area (Å²) in [4.78, 5) is 53.1. The van der Waals surface area contributed by atoms with E-state index in [0.29, 0.717) is 48.5 Å². The van der Waals surface area contributed by atoms with Crippen molar-refractivity contribution in [2.75, 3.05) is 13.2 Å². The molecule has 4 aromatic carbocycles. The Hall–Kier alpha value is -7.72. The van der Waals surface area contributed by atoms with Gasteiger partial charge in [0.2, 0.25) is 11.9 Å². The molecule has 1 aliphatic heterocycles. The van der Waals surface area contributed by atoms with Crippen molar-refractivity contribution in [3.05, 3.63) is 70.8 Å². The number of ether oxygens (including phenoxy) is 5. The van der Waals surface area contributed by atoms with Crippen LogP contribution in [0.5, 0.6) is 69.0 Å². The predicted molar refractivity (Wildman–Crippen MR) is 175 cm³/mol. The number of aromatic hydroxyl groups is 12. The quantitative estimate of drug-likeness (QED) is 0.0597. The van der Waals surface area contributed by atoms with Gasteiger partial charge in [-0.15, -0.1) is 0 Å². The molecule has 0 amide bonds. The van der Waals surface area contributed by atoms with E-state index < -0.39 is 152 Å². The van der Waals surface area contributed by atoms with Crippen molar-refractivity contribution in [1.29, 1.82) is 0 Å². The fourth-order valence-electron chi connectivity index (χ4n) is 5.21. The van der Waals surface area contributed by atoms with Crippen LogP contribution in [-0.2, 0) is 23.7 Å². The predicted octanol–water partition coefficient (Wildman–Crippen LogP) is 0.706. The highest BCUT2D eigenvalue weighted by Crippen LogP contribution is 2.42. The van der Waals surface area contributed by atoms with Crippen LogP contribution in [0.15, 0.2) is 48.5 Å². The van der Waals surface area contributed by atoms with E-state index >= 15 is 0 Å². The molecule has 5 rings (SSSR count). The Morgan fingerprint density at radius 3 is 1.20 bits per heavy atom. The van der Waals surface area contributed by atoms with Crippen molar-refractivity contribution in [1.82, 2.24) is 0 Å². The van der Waals surface area contributed by atoms with E-state index in [0.717, 1.165) is 0 Å². The van der Waals surface area contributed by atoms with Crippen LogP contribution in [0, 0.1) is 0 Å². The molecule has 1 aliphatic rings. The summed E-state index contributed by atoms with van der Waals surface area (Å²) in [6.07, 6.45) is -6.84. The molecular weight excluding hydrogens is 760 g/mol. The molecule has 0 saturated carbocycles. The third kappa shape index (κ3) is 7.53. The van der Waals surface area contributed by atoms with Gasteiger partial charge in [-0.25, -0.2) is 19.2 Å². The van der Waals surface area contributed by atoms with Gasteiger partial charge in [0.25, 0.3) is 0 Å². The van der Waals surface area contributed by atoms with Gasteiger partial charge in [-0.3, -0.25) is 0 Å². The SMILES string of the molecule is O=C(OCC1OC(O)C(COC(=O)c2cc(O)c(O)c(O)c2)(OC(=O)c2cc(O)c(O)c(O)c2)C1OC(=O)c1cc(O)c(O)c(O)c1)c1cc(O)c(O)c(O)c1. The first kappa shape index (κ1) is 39.5. The normalized spacial score (nSPS) is 18.8. The second kappa shape index (κ2) is 15.0. The summed E-state index contributed by atoms with van der Waals surface area (Å²) < 4.78 is 26.8. The molecule has 1 heterocycles. The van der Waals surface area contributed by atoms with E-state index in [1.54, 1.807) is 0 Å². The van der Waals surface area contributed by atoms with Gasteiger partial charge >= 0.3 is 23.9 Å². The summed E-state index contributed by atoms with van der Waals surface area (Å²) >= 11 is 0. The Kier molecular flexibility index (Phi) is 10.5. The largest absolute Gasteiger partial charge is 0.504 e. The van der Waals surface area contributed by atoms with Gasteiger partial charge in [0.1, 0.15) is 19.3 Å². The van der Waals surface area contributed by atoms with E-state index in [2.05, 4.69) is 0 Å². The Labute approximate surface area is 310 Å². The lowest BCUT2D eigenvalue weighted by Crippen LogP contribution is -2.57. The topological polar surface area (TPSA) is 377 Å². The first-order chi connectivity index (χ1) is 26.2. The zero-order valence-electron chi connectivity index (χ0n) is 27.8.